The molecule has 0 spiro atoms. The molecule has 0 saturated carbocycles. The van der Waals surface area contributed by atoms with E-state index in [1.54, 1.807) is 7.05 Å². The zero-order valence-corrected chi connectivity index (χ0v) is 8.53. The Balaban J connectivity index is 3.67. The van der Waals surface area contributed by atoms with Gasteiger partial charge >= 0.3 is 0 Å². The Hall–Kier alpha value is -0.570. The van der Waals surface area contributed by atoms with Gasteiger partial charge in [-0.25, -0.2) is 0 Å². The van der Waals surface area contributed by atoms with Crippen LogP contribution in [0.15, 0.2) is 0 Å². The van der Waals surface area contributed by atoms with Crippen LogP contribution in [-0.2, 0) is 4.79 Å². The molecule has 0 aliphatic rings. The van der Waals surface area contributed by atoms with E-state index in [1.165, 1.54) is 0 Å². The fourth-order valence-corrected chi connectivity index (χ4v) is 1.12. The zero-order valence-electron chi connectivity index (χ0n) is 8.53. The number of amides is 1. The molecule has 2 N–H and O–H groups in total. The lowest BCUT2D eigenvalue weighted by atomic mass is 9.99. The third kappa shape index (κ3) is 5.13. The highest BCUT2D eigenvalue weighted by molar-refractivity contribution is 5.77. The smallest absolute Gasteiger partial charge is 0.233 e. The fraction of sp³-hybridized carbons (Fsp3) is 0.889. The van der Waals surface area contributed by atoms with Crippen LogP contribution in [-0.4, -0.2) is 25.0 Å². The van der Waals surface area contributed by atoms with Crippen LogP contribution in [0, 0.1) is 0 Å². The molecule has 0 aromatic carbocycles. The standard InChI is InChI=1S/C9H20N2O/c1-5-6-9(2,3)11-7-8(12)10-4/h11H,5-7H2,1-4H3,(H,10,12). The average molecular weight is 172 g/mol. The summed E-state index contributed by atoms with van der Waals surface area (Å²) < 4.78 is 0. The lowest BCUT2D eigenvalue weighted by Crippen LogP contribution is -2.44. The predicted octanol–water partition coefficient (Wildman–Crippen LogP) is 0.901. The minimum absolute atomic E-state index is 0.0409. The van der Waals surface area contributed by atoms with Crippen molar-refractivity contribution in [2.24, 2.45) is 0 Å². The molecule has 0 saturated heterocycles. The van der Waals surface area contributed by atoms with Crippen molar-refractivity contribution in [1.82, 2.24) is 10.6 Å². The number of nitrogens with one attached hydrogen (secondary N) is 2. The highest BCUT2D eigenvalue weighted by atomic mass is 16.1. The molecule has 0 atom stereocenters. The maximum absolute atomic E-state index is 10.9. The molecule has 0 aliphatic heterocycles. The van der Waals surface area contributed by atoms with Crippen LogP contribution in [0.5, 0.6) is 0 Å². The second-order valence-corrected chi connectivity index (χ2v) is 3.66. The number of rotatable bonds is 5. The molecule has 0 aliphatic carbocycles. The van der Waals surface area contributed by atoms with E-state index in [-0.39, 0.29) is 11.4 Å². The zero-order chi connectivity index (χ0) is 9.61. The Kier molecular flexibility index (Phi) is 4.90. The molecule has 0 aromatic rings. The predicted molar refractivity (Wildman–Crippen MR) is 51.1 cm³/mol. The van der Waals surface area contributed by atoms with Crippen molar-refractivity contribution in [3.63, 3.8) is 0 Å². The minimum atomic E-state index is 0.0409. The van der Waals surface area contributed by atoms with Crippen LogP contribution >= 0.6 is 0 Å². The first-order valence-electron chi connectivity index (χ1n) is 4.47. The second kappa shape index (κ2) is 5.14. The van der Waals surface area contributed by atoms with Crippen molar-refractivity contribution < 1.29 is 4.79 Å². The van der Waals surface area contributed by atoms with Crippen LogP contribution in [0.3, 0.4) is 0 Å². The molecule has 3 heteroatoms. The van der Waals surface area contributed by atoms with Gasteiger partial charge in [0.1, 0.15) is 0 Å². The molecule has 0 heterocycles. The summed E-state index contributed by atoms with van der Waals surface area (Å²) in [5.74, 6) is 0.0409. The van der Waals surface area contributed by atoms with Gasteiger partial charge < -0.3 is 10.6 Å². The summed E-state index contributed by atoms with van der Waals surface area (Å²) in [4.78, 5) is 10.9. The van der Waals surface area contributed by atoms with Gasteiger partial charge in [0.05, 0.1) is 6.54 Å². The summed E-state index contributed by atoms with van der Waals surface area (Å²) in [6.45, 7) is 6.77. The van der Waals surface area contributed by atoms with Crippen LogP contribution in [0.2, 0.25) is 0 Å². The number of carbonyl (C=O) groups excluding carboxylic acids is 1. The lowest BCUT2D eigenvalue weighted by Gasteiger charge is -2.25. The lowest BCUT2D eigenvalue weighted by molar-refractivity contribution is -0.120. The first-order valence-corrected chi connectivity index (χ1v) is 4.47. The van der Waals surface area contributed by atoms with Gasteiger partial charge in [0, 0.05) is 12.6 Å². The summed E-state index contributed by atoms with van der Waals surface area (Å²) in [5, 5.41) is 5.78. The maximum atomic E-state index is 10.9. The molecule has 0 aromatic heterocycles. The van der Waals surface area contributed by atoms with Gasteiger partial charge in [-0.2, -0.15) is 0 Å². The van der Waals surface area contributed by atoms with Gasteiger partial charge in [-0.15, -0.1) is 0 Å². The molecule has 0 fully saturated rings. The first kappa shape index (κ1) is 11.4. The number of carbonyl (C=O) groups is 1. The summed E-state index contributed by atoms with van der Waals surface area (Å²) in [6, 6.07) is 0. The average Bonchev–Trinajstić information content (AvgIpc) is 2.00. The SMILES string of the molecule is CCCC(C)(C)NCC(=O)NC. The normalized spacial score (nSPS) is 11.3. The summed E-state index contributed by atoms with van der Waals surface area (Å²) in [6.07, 6.45) is 2.22. The van der Waals surface area contributed by atoms with E-state index in [9.17, 15) is 4.79 Å². The number of likely N-dealkylation sites (N-methyl/N-ethyl adjacent to an activating group) is 1. The van der Waals surface area contributed by atoms with E-state index in [0.29, 0.717) is 6.54 Å². The van der Waals surface area contributed by atoms with Gasteiger partial charge in [-0.05, 0) is 20.3 Å². The van der Waals surface area contributed by atoms with Gasteiger partial charge in [-0.3, -0.25) is 4.79 Å². The molecule has 0 unspecified atom stereocenters. The second-order valence-electron chi connectivity index (χ2n) is 3.66. The monoisotopic (exact) mass is 172 g/mol. The maximum Gasteiger partial charge on any atom is 0.233 e. The largest absolute Gasteiger partial charge is 0.358 e. The molecule has 0 rings (SSSR count). The number of hydrogen-bond acceptors (Lipinski definition) is 2. The van der Waals surface area contributed by atoms with E-state index in [2.05, 4.69) is 31.4 Å². The van der Waals surface area contributed by atoms with Crippen molar-refractivity contribution in [2.45, 2.75) is 39.2 Å². The van der Waals surface area contributed by atoms with Gasteiger partial charge in [0.15, 0.2) is 0 Å². The van der Waals surface area contributed by atoms with Crippen molar-refractivity contribution in [3.8, 4) is 0 Å². The quantitative estimate of drug-likeness (QED) is 0.647. The molecule has 0 bridgehead atoms. The van der Waals surface area contributed by atoms with Crippen molar-refractivity contribution >= 4 is 5.91 Å². The van der Waals surface area contributed by atoms with Crippen LogP contribution in [0.4, 0.5) is 0 Å². The van der Waals surface area contributed by atoms with E-state index in [1.807, 2.05) is 0 Å². The Morgan fingerprint density at radius 3 is 2.42 bits per heavy atom. The Labute approximate surface area is 74.9 Å². The van der Waals surface area contributed by atoms with E-state index in [0.717, 1.165) is 12.8 Å². The Morgan fingerprint density at radius 1 is 1.42 bits per heavy atom. The van der Waals surface area contributed by atoms with Crippen molar-refractivity contribution in [1.29, 1.82) is 0 Å². The van der Waals surface area contributed by atoms with Gasteiger partial charge in [0.2, 0.25) is 5.91 Å². The highest BCUT2D eigenvalue weighted by Crippen LogP contribution is 2.09. The van der Waals surface area contributed by atoms with Crippen LogP contribution in [0.25, 0.3) is 0 Å². The third-order valence-corrected chi connectivity index (χ3v) is 1.88. The molecule has 72 valence electrons. The summed E-state index contributed by atoms with van der Waals surface area (Å²) in [5.41, 5.74) is 0.0707. The van der Waals surface area contributed by atoms with Crippen molar-refractivity contribution in [2.75, 3.05) is 13.6 Å². The first-order chi connectivity index (χ1) is 5.52. The van der Waals surface area contributed by atoms with Crippen LogP contribution < -0.4 is 10.6 Å². The van der Waals surface area contributed by atoms with Crippen molar-refractivity contribution in [3.05, 3.63) is 0 Å². The highest BCUT2D eigenvalue weighted by Gasteiger charge is 2.15. The number of hydrogen-bond donors (Lipinski definition) is 2. The van der Waals surface area contributed by atoms with E-state index in [4.69, 9.17) is 0 Å². The van der Waals surface area contributed by atoms with E-state index < -0.39 is 0 Å². The molecule has 3 nitrogen and oxygen atoms in total. The third-order valence-electron chi connectivity index (χ3n) is 1.88. The van der Waals surface area contributed by atoms with Crippen LogP contribution in [0.1, 0.15) is 33.6 Å². The molecule has 0 radical (unpaired) electrons. The molecular formula is C9H20N2O. The minimum Gasteiger partial charge on any atom is -0.358 e. The van der Waals surface area contributed by atoms with Gasteiger partial charge in [0.25, 0.3) is 0 Å². The van der Waals surface area contributed by atoms with Gasteiger partial charge in [-0.1, -0.05) is 13.3 Å². The molecule has 12 heavy (non-hydrogen) atoms. The van der Waals surface area contributed by atoms with E-state index >= 15 is 0 Å². The fourth-order valence-electron chi connectivity index (χ4n) is 1.12. The summed E-state index contributed by atoms with van der Waals surface area (Å²) in [7, 11) is 1.65. The summed E-state index contributed by atoms with van der Waals surface area (Å²) >= 11 is 0. The Bertz CT molecular complexity index is 143. The topological polar surface area (TPSA) is 41.1 Å². The molecule has 1 amide bonds. The Morgan fingerprint density at radius 2 is 2.00 bits per heavy atom. The molecular weight excluding hydrogens is 152 g/mol.